The molecule has 37 heavy (non-hydrogen) atoms. The number of halogens is 2. The highest BCUT2D eigenvalue weighted by molar-refractivity contribution is 9.11. The van der Waals surface area contributed by atoms with Gasteiger partial charge in [-0.2, -0.15) is 4.31 Å². The molecule has 3 aromatic rings. The summed E-state index contributed by atoms with van der Waals surface area (Å²) in [6, 6.07) is 21.9. The average Bonchev–Trinajstić information content (AvgIpc) is 3.38. The number of rotatable bonds is 6. The molecule has 0 unspecified atom stereocenters. The Bertz CT molecular complexity index is 1320. The van der Waals surface area contributed by atoms with E-state index in [1.807, 2.05) is 23.1 Å². The van der Waals surface area contributed by atoms with Crippen LogP contribution in [-0.4, -0.2) is 67.7 Å². The summed E-state index contributed by atoms with van der Waals surface area (Å²) in [6.45, 7) is 3.62. The highest BCUT2D eigenvalue weighted by Crippen LogP contribution is 2.33. The van der Waals surface area contributed by atoms with E-state index in [-0.39, 0.29) is 17.9 Å². The summed E-state index contributed by atoms with van der Waals surface area (Å²) in [6.07, 6.45) is 1.12. The molecule has 0 bridgehead atoms. The zero-order valence-corrected chi connectivity index (χ0v) is 24.3. The number of carbonyl (C=O) groups is 1. The van der Waals surface area contributed by atoms with Gasteiger partial charge in [0.05, 0.1) is 9.83 Å². The summed E-state index contributed by atoms with van der Waals surface area (Å²) in [5.74, 6) is 0.0209. The third-order valence-corrected chi connectivity index (χ3v) is 11.5. The lowest BCUT2D eigenvalue weighted by atomic mass is 9.95. The fourth-order valence-corrected chi connectivity index (χ4v) is 9.02. The van der Waals surface area contributed by atoms with Crippen molar-refractivity contribution >= 4 is 54.8 Å². The van der Waals surface area contributed by atoms with Crippen molar-refractivity contribution in [3.8, 4) is 0 Å². The maximum absolute atomic E-state index is 13.4. The van der Waals surface area contributed by atoms with Crippen LogP contribution in [0.2, 0.25) is 5.02 Å². The molecule has 196 valence electrons. The molecule has 0 N–H and O–H groups in total. The van der Waals surface area contributed by atoms with Crippen LogP contribution in [0, 0.1) is 5.92 Å². The molecule has 5 rings (SSSR count). The number of benzene rings is 2. The third kappa shape index (κ3) is 5.97. The first-order chi connectivity index (χ1) is 17.8. The van der Waals surface area contributed by atoms with Crippen LogP contribution in [0.15, 0.2) is 74.7 Å². The minimum Gasteiger partial charge on any atom is -0.340 e. The Kier molecular flexibility index (Phi) is 8.38. The van der Waals surface area contributed by atoms with E-state index in [0.29, 0.717) is 48.3 Å². The molecule has 1 atom stereocenters. The number of carbonyl (C=O) groups excluding carboxylic acids is 1. The summed E-state index contributed by atoms with van der Waals surface area (Å²) in [4.78, 5) is 17.7. The molecule has 1 amide bonds. The van der Waals surface area contributed by atoms with Gasteiger partial charge in [0.1, 0.15) is 4.21 Å². The molecule has 2 aliphatic heterocycles. The standard InChI is InChI=1S/C27H29BrClN3O3S2/c28-24-10-11-25(36-24)37(34,35)32-14-12-22(13-15-32)27(33)31-18-16-30(17-19-31)26(20-4-2-1-3-5-20)21-6-8-23(29)9-7-21/h1-11,22,26H,12-19H2/t26-/m1/s1. The van der Waals surface area contributed by atoms with Crippen molar-refractivity contribution in [1.82, 2.24) is 14.1 Å². The number of amides is 1. The number of nitrogens with zero attached hydrogens (tertiary/aromatic N) is 3. The Morgan fingerprint density at radius 3 is 2.08 bits per heavy atom. The Morgan fingerprint density at radius 1 is 0.865 bits per heavy atom. The summed E-state index contributed by atoms with van der Waals surface area (Å²) in [7, 11) is -3.51. The largest absolute Gasteiger partial charge is 0.340 e. The zero-order valence-electron chi connectivity index (χ0n) is 20.3. The van der Waals surface area contributed by atoms with E-state index in [2.05, 4.69) is 57.2 Å². The Hall–Kier alpha value is -1.75. The molecule has 0 radical (unpaired) electrons. The molecule has 2 fully saturated rings. The highest BCUT2D eigenvalue weighted by atomic mass is 79.9. The molecule has 10 heteroatoms. The van der Waals surface area contributed by atoms with Crippen LogP contribution in [0.5, 0.6) is 0 Å². The molecule has 3 heterocycles. The van der Waals surface area contributed by atoms with Crippen LogP contribution in [0.25, 0.3) is 0 Å². The monoisotopic (exact) mass is 621 g/mol. The third-order valence-electron chi connectivity index (χ3n) is 7.24. The van der Waals surface area contributed by atoms with Gasteiger partial charge in [0.15, 0.2) is 0 Å². The van der Waals surface area contributed by atoms with Crippen LogP contribution in [0.3, 0.4) is 0 Å². The second-order valence-electron chi connectivity index (χ2n) is 9.46. The van der Waals surface area contributed by atoms with Crippen molar-refractivity contribution in [2.24, 2.45) is 5.92 Å². The number of sulfonamides is 1. The maximum Gasteiger partial charge on any atom is 0.252 e. The van der Waals surface area contributed by atoms with Gasteiger partial charge in [-0.15, -0.1) is 11.3 Å². The molecule has 0 saturated carbocycles. The first-order valence-corrected chi connectivity index (χ1v) is 15.8. The van der Waals surface area contributed by atoms with Crippen LogP contribution in [0.1, 0.15) is 30.0 Å². The molecule has 2 saturated heterocycles. The topological polar surface area (TPSA) is 60.9 Å². The number of hydrogen-bond donors (Lipinski definition) is 0. The Labute approximate surface area is 236 Å². The first-order valence-electron chi connectivity index (χ1n) is 12.4. The van der Waals surface area contributed by atoms with E-state index in [4.69, 9.17) is 11.6 Å². The van der Waals surface area contributed by atoms with Crippen LogP contribution in [-0.2, 0) is 14.8 Å². The zero-order chi connectivity index (χ0) is 26.0. The lowest BCUT2D eigenvalue weighted by Crippen LogP contribution is -2.52. The summed E-state index contributed by atoms with van der Waals surface area (Å²) >= 11 is 10.7. The fraction of sp³-hybridized carbons (Fsp3) is 0.370. The van der Waals surface area contributed by atoms with Crippen molar-refractivity contribution in [1.29, 1.82) is 0 Å². The molecular formula is C27H29BrClN3O3S2. The molecule has 2 aromatic carbocycles. The van der Waals surface area contributed by atoms with Gasteiger partial charge in [0.2, 0.25) is 5.91 Å². The van der Waals surface area contributed by atoms with Crippen LogP contribution in [0.4, 0.5) is 0 Å². The SMILES string of the molecule is O=C(C1CCN(S(=O)(=O)c2ccc(Br)s2)CC1)N1CCN([C@H](c2ccccc2)c2ccc(Cl)cc2)CC1. The Morgan fingerprint density at radius 2 is 1.49 bits per heavy atom. The highest BCUT2D eigenvalue weighted by Gasteiger charge is 2.36. The van der Waals surface area contributed by atoms with Gasteiger partial charge in [-0.05, 0) is 64.2 Å². The maximum atomic E-state index is 13.4. The number of thiophene rings is 1. The van der Waals surface area contributed by atoms with E-state index in [1.165, 1.54) is 26.8 Å². The predicted molar refractivity (Wildman–Crippen MR) is 151 cm³/mol. The van der Waals surface area contributed by atoms with Crippen molar-refractivity contribution in [3.63, 3.8) is 0 Å². The van der Waals surface area contributed by atoms with Crippen molar-refractivity contribution in [3.05, 3.63) is 86.7 Å². The second kappa shape index (κ2) is 11.6. The minimum atomic E-state index is -3.51. The van der Waals surface area contributed by atoms with Crippen LogP contribution < -0.4 is 0 Å². The van der Waals surface area contributed by atoms with E-state index in [0.717, 1.165) is 16.9 Å². The molecule has 2 aliphatic rings. The smallest absolute Gasteiger partial charge is 0.252 e. The van der Waals surface area contributed by atoms with Gasteiger partial charge in [-0.25, -0.2) is 8.42 Å². The molecule has 0 spiro atoms. The number of hydrogen-bond acceptors (Lipinski definition) is 5. The molecular weight excluding hydrogens is 594 g/mol. The van der Waals surface area contributed by atoms with E-state index < -0.39 is 10.0 Å². The van der Waals surface area contributed by atoms with Gasteiger partial charge in [0, 0.05) is 50.2 Å². The first kappa shape index (κ1) is 26.8. The minimum absolute atomic E-state index is 0.0986. The van der Waals surface area contributed by atoms with Crippen molar-refractivity contribution < 1.29 is 13.2 Å². The van der Waals surface area contributed by atoms with Crippen molar-refractivity contribution in [2.75, 3.05) is 39.3 Å². The van der Waals surface area contributed by atoms with E-state index in [1.54, 1.807) is 12.1 Å². The normalized spacial score (nSPS) is 19.1. The molecule has 6 nitrogen and oxygen atoms in total. The van der Waals surface area contributed by atoms with E-state index >= 15 is 0 Å². The van der Waals surface area contributed by atoms with Gasteiger partial charge < -0.3 is 4.90 Å². The van der Waals surface area contributed by atoms with Gasteiger partial charge in [0.25, 0.3) is 10.0 Å². The lowest BCUT2D eigenvalue weighted by Gasteiger charge is -2.41. The summed E-state index contributed by atoms with van der Waals surface area (Å²) in [5, 5.41) is 0.716. The average molecular weight is 623 g/mol. The summed E-state index contributed by atoms with van der Waals surface area (Å²) < 4.78 is 28.5. The predicted octanol–water partition coefficient (Wildman–Crippen LogP) is 5.50. The summed E-state index contributed by atoms with van der Waals surface area (Å²) in [5.41, 5.74) is 2.40. The Balaban J connectivity index is 1.20. The second-order valence-corrected chi connectivity index (χ2v) is 14.5. The molecule has 1 aromatic heterocycles. The van der Waals surface area contributed by atoms with Crippen molar-refractivity contribution in [2.45, 2.75) is 23.1 Å². The van der Waals surface area contributed by atoms with Gasteiger partial charge in [-0.3, -0.25) is 9.69 Å². The van der Waals surface area contributed by atoms with Gasteiger partial charge in [-0.1, -0.05) is 54.1 Å². The van der Waals surface area contributed by atoms with Crippen LogP contribution >= 0.6 is 38.9 Å². The van der Waals surface area contributed by atoms with Gasteiger partial charge >= 0.3 is 0 Å². The number of piperidine rings is 1. The lowest BCUT2D eigenvalue weighted by molar-refractivity contribution is -0.138. The molecule has 0 aliphatic carbocycles. The quantitative estimate of drug-likeness (QED) is 0.365. The number of piperazine rings is 1. The van der Waals surface area contributed by atoms with E-state index in [9.17, 15) is 13.2 Å². The fourth-order valence-electron chi connectivity index (χ4n) is 5.26.